The van der Waals surface area contributed by atoms with Crippen LogP contribution in [0.15, 0.2) is 237 Å². The van der Waals surface area contributed by atoms with E-state index in [2.05, 4.69) is 218 Å². The van der Waals surface area contributed by atoms with Crippen molar-refractivity contribution in [3.05, 3.63) is 259 Å². The molecule has 0 spiro atoms. The van der Waals surface area contributed by atoms with Gasteiger partial charge < -0.3 is 0 Å². The van der Waals surface area contributed by atoms with Crippen LogP contribution in [0.4, 0.5) is 0 Å². The van der Waals surface area contributed by atoms with E-state index in [-0.39, 0.29) is 0 Å². The van der Waals surface area contributed by atoms with E-state index in [0.717, 1.165) is 22.3 Å². The zero-order valence-electron chi connectivity index (χ0n) is 35.4. The number of hydrogen-bond acceptors (Lipinski definition) is 3. The molecule has 13 rings (SSSR count). The summed E-state index contributed by atoms with van der Waals surface area (Å²) >= 11 is 0. The van der Waals surface area contributed by atoms with Crippen LogP contribution in [0.2, 0.25) is 0 Å². The Labute approximate surface area is 377 Å². The van der Waals surface area contributed by atoms with Gasteiger partial charge in [0.1, 0.15) is 0 Å². The molecule has 3 nitrogen and oxygen atoms in total. The second-order valence-electron chi connectivity index (χ2n) is 17.0. The lowest BCUT2D eigenvalue weighted by atomic mass is 9.66. The van der Waals surface area contributed by atoms with Crippen molar-refractivity contribution in [2.75, 3.05) is 0 Å². The monoisotopic (exact) mass is 825 g/mol. The van der Waals surface area contributed by atoms with Gasteiger partial charge >= 0.3 is 0 Å². The second-order valence-corrected chi connectivity index (χ2v) is 17.0. The molecule has 1 heterocycles. The largest absolute Gasteiger partial charge is 0.208 e. The van der Waals surface area contributed by atoms with Gasteiger partial charge in [-0.25, -0.2) is 15.0 Å². The molecule has 12 aromatic rings. The van der Waals surface area contributed by atoms with E-state index in [1.54, 1.807) is 0 Å². The van der Waals surface area contributed by atoms with Crippen molar-refractivity contribution in [1.29, 1.82) is 0 Å². The number of rotatable bonds is 6. The molecule has 0 unspecified atom stereocenters. The van der Waals surface area contributed by atoms with Gasteiger partial charge in [-0.3, -0.25) is 0 Å². The van der Waals surface area contributed by atoms with Gasteiger partial charge in [-0.1, -0.05) is 224 Å². The molecule has 1 aromatic heterocycles. The standard InChI is InChI=1S/C62H39N3/c1-4-20-40(21-5-1)59-63-60(42-23-18-22-41(38-42)54-39-55-47-30-11-10-28-45(47)46-29-12-14-33-50(46)57(55)51-34-15-13-31-48(51)54)65-61(64-59)53-36-19-35-52-49-32-16-17-37-56(49)62(58(52)53,43-24-6-2-7-25-43)44-26-8-3-9-27-44/h1-39H. The lowest BCUT2D eigenvalue weighted by Crippen LogP contribution is -2.29. The van der Waals surface area contributed by atoms with Crippen LogP contribution in [0.3, 0.4) is 0 Å². The SMILES string of the molecule is c1ccc(-c2nc(-c3cccc(-c4cc5c6ccccc6c6ccccc6c5c5ccccc45)c3)nc(-c3cccc4c3C(c3ccccc3)(c3ccccc3)c3ccccc3-4)n2)cc1. The third-order valence-electron chi connectivity index (χ3n) is 13.6. The predicted octanol–water partition coefficient (Wildman–Crippen LogP) is 15.5. The average molecular weight is 826 g/mol. The fourth-order valence-corrected chi connectivity index (χ4v) is 10.9. The van der Waals surface area contributed by atoms with Crippen LogP contribution in [-0.2, 0) is 5.41 Å². The van der Waals surface area contributed by atoms with Gasteiger partial charge in [0.15, 0.2) is 17.5 Å². The van der Waals surface area contributed by atoms with Crippen LogP contribution >= 0.6 is 0 Å². The van der Waals surface area contributed by atoms with Crippen LogP contribution < -0.4 is 0 Å². The second kappa shape index (κ2) is 14.8. The van der Waals surface area contributed by atoms with Crippen molar-refractivity contribution in [3.8, 4) is 56.4 Å². The van der Waals surface area contributed by atoms with E-state index in [0.29, 0.717) is 17.5 Å². The molecular weight excluding hydrogens is 787 g/mol. The molecule has 0 fully saturated rings. The minimum absolute atomic E-state index is 0.621. The maximum absolute atomic E-state index is 5.49. The highest BCUT2D eigenvalue weighted by Crippen LogP contribution is 2.58. The topological polar surface area (TPSA) is 38.7 Å². The molecule has 0 aliphatic heterocycles. The maximum atomic E-state index is 5.49. The van der Waals surface area contributed by atoms with Crippen LogP contribution in [0.1, 0.15) is 22.3 Å². The molecule has 0 radical (unpaired) electrons. The minimum atomic E-state index is -0.628. The molecular formula is C62H39N3. The van der Waals surface area contributed by atoms with Crippen LogP contribution in [0.25, 0.3) is 99.5 Å². The van der Waals surface area contributed by atoms with E-state index in [4.69, 9.17) is 15.0 Å². The number of nitrogens with zero attached hydrogens (tertiary/aromatic N) is 3. The summed E-state index contributed by atoms with van der Waals surface area (Å²) in [6, 6.07) is 85.2. The van der Waals surface area contributed by atoms with Crippen LogP contribution in [0.5, 0.6) is 0 Å². The predicted molar refractivity (Wildman–Crippen MR) is 269 cm³/mol. The summed E-state index contributed by atoms with van der Waals surface area (Å²) in [4.78, 5) is 16.2. The van der Waals surface area contributed by atoms with Gasteiger partial charge in [-0.05, 0) is 99.7 Å². The zero-order chi connectivity index (χ0) is 42.9. The highest BCUT2D eigenvalue weighted by molar-refractivity contribution is 6.33. The van der Waals surface area contributed by atoms with Gasteiger partial charge in [0.05, 0.1) is 5.41 Å². The summed E-state index contributed by atoms with van der Waals surface area (Å²) in [7, 11) is 0. The van der Waals surface area contributed by atoms with Crippen molar-refractivity contribution in [1.82, 2.24) is 15.0 Å². The van der Waals surface area contributed by atoms with Crippen molar-refractivity contribution >= 4 is 43.1 Å². The number of hydrogen-bond donors (Lipinski definition) is 0. The molecule has 0 bridgehead atoms. The van der Waals surface area contributed by atoms with E-state index in [1.165, 1.54) is 82.0 Å². The summed E-state index contributed by atoms with van der Waals surface area (Å²) in [6.45, 7) is 0. The van der Waals surface area contributed by atoms with Crippen molar-refractivity contribution in [3.63, 3.8) is 0 Å². The zero-order valence-corrected chi connectivity index (χ0v) is 35.4. The summed E-state index contributed by atoms with van der Waals surface area (Å²) in [5.41, 5.74) is 11.7. The Bertz CT molecular complexity index is 3780. The van der Waals surface area contributed by atoms with E-state index >= 15 is 0 Å². The smallest absolute Gasteiger partial charge is 0.164 e. The van der Waals surface area contributed by atoms with Gasteiger partial charge in [-0.15, -0.1) is 0 Å². The fraction of sp³-hybridized carbons (Fsp3) is 0.0161. The molecule has 0 amide bonds. The first-order valence-electron chi connectivity index (χ1n) is 22.3. The Kier molecular flexibility index (Phi) is 8.44. The van der Waals surface area contributed by atoms with Gasteiger partial charge in [0.2, 0.25) is 0 Å². The molecule has 1 aliphatic rings. The van der Waals surface area contributed by atoms with Gasteiger partial charge in [-0.2, -0.15) is 0 Å². The molecule has 3 heteroatoms. The lowest BCUT2D eigenvalue weighted by molar-refractivity contribution is 0.769. The van der Waals surface area contributed by atoms with Crippen LogP contribution in [0, 0.1) is 0 Å². The number of benzene rings is 11. The molecule has 65 heavy (non-hydrogen) atoms. The Hall–Kier alpha value is -8.53. The summed E-state index contributed by atoms with van der Waals surface area (Å²) in [5, 5.41) is 10.0. The third kappa shape index (κ3) is 5.65. The van der Waals surface area contributed by atoms with Crippen molar-refractivity contribution in [2.24, 2.45) is 0 Å². The molecule has 302 valence electrons. The highest BCUT2D eigenvalue weighted by Gasteiger charge is 2.47. The Balaban J connectivity index is 1.06. The first kappa shape index (κ1) is 37.1. The minimum Gasteiger partial charge on any atom is -0.208 e. The third-order valence-corrected chi connectivity index (χ3v) is 13.6. The Morgan fingerprint density at radius 1 is 0.262 bits per heavy atom. The molecule has 0 saturated carbocycles. The van der Waals surface area contributed by atoms with E-state index < -0.39 is 5.41 Å². The summed E-state index contributed by atoms with van der Waals surface area (Å²) in [6.07, 6.45) is 0. The molecule has 1 aliphatic carbocycles. The molecule has 0 saturated heterocycles. The van der Waals surface area contributed by atoms with E-state index in [1.807, 2.05) is 18.2 Å². The molecule has 0 N–H and O–H groups in total. The van der Waals surface area contributed by atoms with Crippen LogP contribution in [-0.4, -0.2) is 15.0 Å². The summed E-state index contributed by atoms with van der Waals surface area (Å²) in [5.74, 6) is 1.88. The summed E-state index contributed by atoms with van der Waals surface area (Å²) < 4.78 is 0. The Morgan fingerprint density at radius 2 is 0.708 bits per heavy atom. The highest BCUT2D eigenvalue weighted by atomic mass is 15.0. The van der Waals surface area contributed by atoms with Crippen molar-refractivity contribution < 1.29 is 0 Å². The van der Waals surface area contributed by atoms with Gasteiger partial charge in [0.25, 0.3) is 0 Å². The van der Waals surface area contributed by atoms with Crippen molar-refractivity contribution in [2.45, 2.75) is 5.41 Å². The Morgan fingerprint density at radius 3 is 1.40 bits per heavy atom. The van der Waals surface area contributed by atoms with E-state index in [9.17, 15) is 0 Å². The maximum Gasteiger partial charge on any atom is 0.164 e. The number of aromatic nitrogens is 3. The molecule has 0 atom stereocenters. The first-order chi connectivity index (χ1) is 32.3. The lowest BCUT2D eigenvalue weighted by Gasteiger charge is -2.35. The van der Waals surface area contributed by atoms with Gasteiger partial charge in [0, 0.05) is 16.7 Å². The average Bonchev–Trinajstić information content (AvgIpc) is 3.70. The normalized spacial score (nSPS) is 12.7. The fourth-order valence-electron chi connectivity index (χ4n) is 10.9. The molecule has 11 aromatic carbocycles. The quantitative estimate of drug-likeness (QED) is 0.157. The number of fused-ring (bicyclic) bond motifs is 11. The first-order valence-corrected chi connectivity index (χ1v) is 22.3.